The molecule has 0 aliphatic carbocycles. The first-order valence-electron chi connectivity index (χ1n) is 7.47. The fraction of sp³-hybridized carbons (Fsp3) is 0.389. The van der Waals surface area contributed by atoms with Crippen molar-refractivity contribution in [3.05, 3.63) is 48.0 Å². The Hall–Kier alpha value is -1.83. The van der Waals surface area contributed by atoms with Gasteiger partial charge in [-0.15, -0.1) is 0 Å². The van der Waals surface area contributed by atoms with Crippen LogP contribution in [0, 0.1) is 5.92 Å². The maximum atomic E-state index is 12.0. The van der Waals surface area contributed by atoms with Crippen LogP contribution in [0.4, 0.5) is 0 Å². The summed E-state index contributed by atoms with van der Waals surface area (Å²) in [7, 11) is 0. The summed E-state index contributed by atoms with van der Waals surface area (Å²) in [6, 6.07) is 14.5. The lowest BCUT2D eigenvalue weighted by molar-refractivity contribution is -0.120. The lowest BCUT2D eigenvalue weighted by Gasteiger charge is -2.13. The average Bonchev–Trinajstić information content (AvgIpc) is 2.48. The second kappa shape index (κ2) is 7.09. The van der Waals surface area contributed by atoms with Crippen molar-refractivity contribution >= 4 is 16.7 Å². The number of amides is 1. The molecule has 0 fully saturated rings. The predicted molar refractivity (Wildman–Crippen MR) is 84.7 cm³/mol. The van der Waals surface area contributed by atoms with E-state index >= 15 is 0 Å². The normalized spacial score (nSPS) is 10.9. The minimum atomic E-state index is 0.118. The molecule has 0 saturated heterocycles. The molecule has 0 aromatic heterocycles. The maximum absolute atomic E-state index is 12.0. The van der Waals surface area contributed by atoms with Crippen LogP contribution in [0.5, 0.6) is 0 Å². The Morgan fingerprint density at radius 3 is 2.45 bits per heavy atom. The Morgan fingerprint density at radius 2 is 1.75 bits per heavy atom. The molecule has 0 aliphatic rings. The first-order valence-corrected chi connectivity index (χ1v) is 7.47. The van der Waals surface area contributed by atoms with Crippen molar-refractivity contribution in [1.29, 1.82) is 0 Å². The molecule has 2 nitrogen and oxygen atoms in total. The summed E-state index contributed by atoms with van der Waals surface area (Å²) in [6.45, 7) is 5.13. The Bertz CT molecular complexity index is 572. The molecular weight excluding hydrogens is 246 g/mol. The first-order chi connectivity index (χ1) is 9.72. The van der Waals surface area contributed by atoms with Gasteiger partial charge < -0.3 is 5.32 Å². The lowest BCUT2D eigenvalue weighted by Crippen LogP contribution is -2.30. The Labute approximate surface area is 121 Å². The summed E-state index contributed by atoms with van der Waals surface area (Å²) in [5, 5.41) is 5.45. The van der Waals surface area contributed by atoms with Gasteiger partial charge in [0.2, 0.25) is 5.91 Å². The molecule has 106 valence electrons. The lowest BCUT2D eigenvalue weighted by atomic mass is 10.0. The maximum Gasteiger partial charge on any atom is 0.224 e. The molecule has 0 aliphatic heterocycles. The molecule has 0 radical (unpaired) electrons. The van der Waals surface area contributed by atoms with E-state index in [4.69, 9.17) is 0 Å². The van der Waals surface area contributed by atoms with E-state index < -0.39 is 0 Å². The van der Waals surface area contributed by atoms with Crippen LogP contribution in [-0.2, 0) is 11.2 Å². The second-order valence-corrected chi connectivity index (χ2v) is 5.34. The molecule has 20 heavy (non-hydrogen) atoms. The van der Waals surface area contributed by atoms with Crippen molar-refractivity contribution in [3.63, 3.8) is 0 Å². The van der Waals surface area contributed by atoms with Gasteiger partial charge in [0.15, 0.2) is 0 Å². The fourth-order valence-electron chi connectivity index (χ4n) is 2.43. The van der Waals surface area contributed by atoms with Crippen LogP contribution in [0.1, 0.15) is 32.3 Å². The van der Waals surface area contributed by atoms with E-state index in [0.717, 1.165) is 24.9 Å². The van der Waals surface area contributed by atoms with Crippen LogP contribution in [0.15, 0.2) is 42.5 Å². The molecule has 2 aromatic rings. The molecule has 0 spiro atoms. The van der Waals surface area contributed by atoms with Crippen molar-refractivity contribution in [3.8, 4) is 0 Å². The average molecular weight is 269 g/mol. The molecule has 0 heterocycles. The van der Waals surface area contributed by atoms with Gasteiger partial charge in [-0.25, -0.2) is 0 Å². The Balaban J connectivity index is 1.95. The van der Waals surface area contributed by atoms with E-state index in [1.54, 1.807) is 0 Å². The van der Waals surface area contributed by atoms with Gasteiger partial charge in [0.25, 0.3) is 0 Å². The van der Waals surface area contributed by atoms with Crippen molar-refractivity contribution in [2.75, 3.05) is 6.54 Å². The van der Waals surface area contributed by atoms with Gasteiger partial charge in [-0.2, -0.15) is 0 Å². The number of benzene rings is 2. The number of carbonyl (C=O) groups is 1. The second-order valence-electron chi connectivity index (χ2n) is 5.34. The van der Waals surface area contributed by atoms with E-state index in [0.29, 0.717) is 12.3 Å². The van der Waals surface area contributed by atoms with Gasteiger partial charge >= 0.3 is 0 Å². The van der Waals surface area contributed by atoms with Crippen LogP contribution in [0.3, 0.4) is 0 Å². The Morgan fingerprint density at radius 1 is 1.05 bits per heavy atom. The van der Waals surface area contributed by atoms with Gasteiger partial charge in [-0.1, -0.05) is 69.2 Å². The summed E-state index contributed by atoms with van der Waals surface area (Å²) in [5.74, 6) is 0.711. The van der Waals surface area contributed by atoms with E-state index in [1.807, 2.05) is 18.2 Å². The SMILES string of the molecule is CCC(CC)CNC(=O)Cc1ccc2ccccc2c1. The minimum Gasteiger partial charge on any atom is -0.356 e. The van der Waals surface area contributed by atoms with Gasteiger partial charge in [-0.3, -0.25) is 4.79 Å². The summed E-state index contributed by atoms with van der Waals surface area (Å²) in [4.78, 5) is 12.0. The highest BCUT2D eigenvalue weighted by molar-refractivity contribution is 5.85. The first kappa shape index (κ1) is 14.6. The standard InChI is InChI=1S/C18H23NO/c1-3-14(4-2)13-19-18(20)12-15-9-10-16-7-5-6-8-17(16)11-15/h5-11,14H,3-4,12-13H2,1-2H3,(H,19,20). The molecule has 1 N–H and O–H groups in total. The fourth-order valence-corrected chi connectivity index (χ4v) is 2.43. The van der Waals surface area contributed by atoms with E-state index in [9.17, 15) is 4.79 Å². The van der Waals surface area contributed by atoms with Crippen molar-refractivity contribution < 1.29 is 4.79 Å². The predicted octanol–water partition coefficient (Wildman–Crippen LogP) is 3.93. The van der Waals surface area contributed by atoms with Gasteiger partial charge in [-0.05, 0) is 22.3 Å². The van der Waals surface area contributed by atoms with Gasteiger partial charge in [0.05, 0.1) is 6.42 Å². The number of nitrogens with one attached hydrogen (secondary N) is 1. The van der Waals surface area contributed by atoms with Crippen molar-refractivity contribution in [1.82, 2.24) is 5.32 Å². The monoisotopic (exact) mass is 269 g/mol. The van der Waals surface area contributed by atoms with E-state index in [2.05, 4.69) is 43.4 Å². The summed E-state index contributed by atoms with van der Waals surface area (Å²) in [5.41, 5.74) is 1.07. The van der Waals surface area contributed by atoms with Crippen LogP contribution in [0.2, 0.25) is 0 Å². The van der Waals surface area contributed by atoms with Crippen LogP contribution in [0.25, 0.3) is 10.8 Å². The molecular formula is C18H23NO. The molecule has 0 saturated carbocycles. The van der Waals surface area contributed by atoms with E-state index in [1.165, 1.54) is 10.8 Å². The highest BCUT2D eigenvalue weighted by atomic mass is 16.1. The third-order valence-corrected chi connectivity index (χ3v) is 3.92. The summed E-state index contributed by atoms with van der Waals surface area (Å²) in [6.07, 6.45) is 2.70. The van der Waals surface area contributed by atoms with Crippen LogP contribution < -0.4 is 5.32 Å². The van der Waals surface area contributed by atoms with Crippen molar-refractivity contribution in [2.24, 2.45) is 5.92 Å². The molecule has 2 aromatic carbocycles. The van der Waals surface area contributed by atoms with Crippen LogP contribution >= 0.6 is 0 Å². The number of fused-ring (bicyclic) bond motifs is 1. The highest BCUT2D eigenvalue weighted by Gasteiger charge is 2.07. The van der Waals surface area contributed by atoms with Crippen molar-refractivity contribution in [2.45, 2.75) is 33.1 Å². The molecule has 0 unspecified atom stereocenters. The van der Waals surface area contributed by atoms with Gasteiger partial charge in [0, 0.05) is 6.54 Å². The third-order valence-electron chi connectivity index (χ3n) is 3.92. The zero-order valence-electron chi connectivity index (χ0n) is 12.4. The van der Waals surface area contributed by atoms with E-state index in [-0.39, 0.29) is 5.91 Å². The number of rotatable bonds is 6. The Kier molecular flexibility index (Phi) is 5.16. The zero-order chi connectivity index (χ0) is 14.4. The molecule has 2 rings (SSSR count). The molecule has 0 bridgehead atoms. The summed E-state index contributed by atoms with van der Waals surface area (Å²) >= 11 is 0. The highest BCUT2D eigenvalue weighted by Crippen LogP contribution is 2.16. The molecule has 1 amide bonds. The summed E-state index contributed by atoms with van der Waals surface area (Å²) < 4.78 is 0. The minimum absolute atomic E-state index is 0.118. The zero-order valence-corrected chi connectivity index (χ0v) is 12.4. The molecule has 0 atom stereocenters. The quantitative estimate of drug-likeness (QED) is 0.845. The van der Waals surface area contributed by atoms with Crippen LogP contribution in [-0.4, -0.2) is 12.5 Å². The largest absolute Gasteiger partial charge is 0.356 e. The number of hydrogen-bond donors (Lipinski definition) is 1. The number of carbonyl (C=O) groups excluding carboxylic acids is 1. The van der Waals surface area contributed by atoms with Gasteiger partial charge in [0.1, 0.15) is 0 Å². The topological polar surface area (TPSA) is 29.1 Å². The number of hydrogen-bond acceptors (Lipinski definition) is 1. The smallest absolute Gasteiger partial charge is 0.224 e. The molecule has 2 heteroatoms. The third kappa shape index (κ3) is 3.83.